The van der Waals surface area contributed by atoms with Crippen LogP contribution in [0.15, 0.2) is 24.3 Å². The molecule has 0 saturated carbocycles. The molecule has 1 aliphatic heterocycles. The summed E-state index contributed by atoms with van der Waals surface area (Å²) in [5.74, 6) is 1.99. The molecule has 20 heavy (non-hydrogen) atoms. The highest BCUT2D eigenvalue weighted by molar-refractivity contribution is 5.71. The van der Waals surface area contributed by atoms with E-state index in [1.807, 2.05) is 24.3 Å². The normalized spacial score (nSPS) is 14.1. The Bertz CT molecular complexity index is 627. The molecule has 0 atom stereocenters. The molecule has 5 nitrogen and oxygen atoms in total. The summed E-state index contributed by atoms with van der Waals surface area (Å²) < 4.78 is 5.29. The van der Waals surface area contributed by atoms with Gasteiger partial charge in [-0.1, -0.05) is 12.1 Å². The Morgan fingerprint density at radius 2 is 2.15 bits per heavy atom. The van der Waals surface area contributed by atoms with Crippen molar-refractivity contribution in [1.29, 1.82) is 0 Å². The number of fused-ring (bicyclic) bond motifs is 1. The highest BCUT2D eigenvalue weighted by atomic mass is 16.5. The Morgan fingerprint density at radius 1 is 1.25 bits per heavy atom. The number of aromatic nitrogens is 2. The Balaban J connectivity index is 2.14. The quantitative estimate of drug-likeness (QED) is 0.877. The van der Waals surface area contributed by atoms with E-state index in [4.69, 9.17) is 10.5 Å². The molecule has 0 bridgehead atoms. The van der Waals surface area contributed by atoms with Crippen LogP contribution < -0.4 is 15.8 Å². The van der Waals surface area contributed by atoms with E-state index in [-0.39, 0.29) is 0 Å². The molecule has 1 aromatic heterocycles. The zero-order chi connectivity index (χ0) is 13.9. The first-order valence-corrected chi connectivity index (χ1v) is 6.82. The van der Waals surface area contributed by atoms with Crippen LogP contribution >= 0.6 is 0 Å². The molecule has 2 heterocycles. The minimum absolute atomic E-state index is 0.302. The maximum absolute atomic E-state index is 5.85. The fourth-order valence-electron chi connectivity index (χ4n) is 2.53. The van der Waals surface area contributed by atoms with E-state index in [0.29, 0.717) is 5.95 Å². The maximum Gasteiger partial charge on any atom is 0.222 e. The number of nitrogen functional groups attached to an aromatic ring is 1. The van der Waals surface area contributed by atoms with Gasteiger partial charge in [0.15, 0.2) is 0 Å². The minimum atomic E-state index is 0.302. The van der Waals surface area contributed by atoms with Gasteiger partial charge in [-0.25, -0.2) is 4.98 Å². The van der Waals surface area contributed by atoms with Crippen molar-refractivity contribution < 1.29 is 4.74 Å². The van der Waals surface area contributed by atoms with Crippen molar-refractivity contribution in [3.63, 3.8) is 0 Å². The van der Waals surface area contributed by atoms with E-state index < -0.39 is 0 Å². The molecular formula is C15H18N4O. The lowest BCUT2D eigenvalue weighted by molar-refractivity contribution is 0.415. The van der Waals surface area contributed by atoms with Crippen LogP contribution in [0.25, 0.3) is 11.3 Å². The van der Waals surface area contributed by atoms with Crippen molar-refractivity contribution in [1.82, 2.24) is 9.97 Å². The highest BCUT2D eigenvalue weighted by Crippen LogP contribution is 2.31. The standard InChI is InChI=1S/C15H18N4O/c1-20-11-6-4-5-10(9-11)13-12-7-2-3-8-17-14(12)19-15(16)18-13/h4-6,9H,2-3,7-8H2,1H3,(H3,16,17,18,19). The number of nitrogens with zero attached hydrogens (tertiary/aromatic N) is 2. The molecule has 104 valence electrons. The summed E-state index contributed by atoms with van der Waals surface area (Å²) in [7, 11) is 1.66. The second-order valence-corrected chi connectivity index (χ2v) is 4.87. The number of benzene rings is 1. The Labute approximate surface area is 118 Å². The summed E-state index contributed by atoms with van der Waals surface area (Å²) in [5, 5.41) is 3.34. The number of nitrogens with one attached hydrogen (secondary N) is 1. The summed E-state index contributed by atoms with van der Waals surface area (Å²) in [4.78, 5) is 8.77. The molecule has 1 aliphatic rings. The van der Waals surface area contributed by atoms with Crippen molar-refractivity contribution in [3.05, 3.63) is 29.8 Å². The summed E-state index contributed by atoms with van der Waals surface area (Å²) >= 11 is 0. The van der Waals surface area contributed by atoms with E-state index in [9.17, 15) is 0 Å². The third-order valence-corrected chi connectivity index (χ3v) is 3.51. The molecular weight excluding hydrogens is 252 g/mol. The van der Waals surface area contributed by atoms with Gasteiger partial charge in [0.05, 0.1) is 12.8 Å². The molecule has 0 amide bonds. The molecule has 3 N–H and O–H groups in total. The lowest BCUT2D eigenvalue weighted by Crippen LogP contribution is -2.07. The van der Waals surface area contributed by atoms with Gasteiger partial charge in [0.25, 0.3) is 0 Å². The van der Waals surface area contributed by atoms with Crippen molar-refractivity contribution in [2.24, 2.45) is 0 Å². The van der Waals surface area contributed by atoms with Crippen molar-refractivity contribution in [2.75, 3.05) is 24.7 Å². The third-order valence-electron chi connectivity index (χ3n) is 3.51. The van der Waals surface area contributed by atoms with Crippen LogP contribution in [0, 0.1) is 0 Å². The lowest BCUT2D eigenvalue weighted by Gasteiger charge is -2.13. The number of nitrogens with two attached hydrogens (primary N) is 1. The number of hydrogen-bond donors (Lipinski definition) is 2. The zero-order valence-corrected chi connectivity index (χ0v) is 11.5. The fourth-order valence-corrected chi connectivity index (χ4v) is 2.53. The summed E-state index contributed by atoms with van der Waals surface area (Å²) in [6.07, 6.45) is 3.23. The highest BCUT2D eigenvalue weighted by Gasteiger charge is 2.17. The van der Waals surface area contributed by atoms with Crippen LogP contribution in [0.1, 0.15) is 18.4 Å². The summed E-state index contributed by atoms with van der Waals surface area (Å²) in [6, 6.07) is 7.89. The van der Waals surface area contributed by atoms with Crippen LogP contribution in [0.4, 0.5) is 11.8 Å². The first-order valence-electron chi connectivity index (χ1n) is 6.82. The van der Waals surface area contributed by atoms with Gasteiger partial charge in [0.2, 0.25) is 5.95 Å². The fraction of sp³-hybridized carbons (Fsp3) is 0.333. The van der Waals surface area contributed by atoms with Crippen LogP contribution in [0.5, 0.6) is 5.75 Å². The van der Waals surface area contributed by atoms with Crippen LogP contribution in [0.3, 0.4) is 0 Å². The van der Waals surface area contributed by atoms with Gasteiger partial charge in [-0.2, -0.15) is 4.98 Å². The van der Waals surface area contributed by atoms with Gasteiger partial charge in [0, 0.05) is 17.7 Å². The van der Waals surface area contributed by atoms with Gasteiger partial charge in [-0.3, -0.25) is 0 Å². The Morgan fingerprint density at radius 3 is 3.00 bits per heavy atom. The Hall–Kier alpha value is -2.30. The molecule has 0 unspecified atom stereocenters. The van der Waals surface area contributed by atoms with Gasteiger partial charge < -0.3 is 15.8 Å². The van der Waals surface area contributed by atoms with Crippen LogP contribution in [0.2, 0.25) is 0 Å². The average molecular weight is 270 g/mol. The van der Waals surface area contributed by atoms with Gasteiger partial charge in [-0.15, -0.1) is 0 Å². The Kier molecular flexibility index (Phi) is 3.41. The van der Waals surface area contributed by atoms with E-state index in [2.05, 4.69) is 15.3 Å². The number of rotatable bonds is 2. The second kappa shape index (κ2) is 5.36. The van der Waals surface area contributed by atoms with E-state index in [1.54, 1.807) is 7.11 Å². The number of anilines is 2. The molecule has 3 rings (SSSR count). The minimum Gasteiger partial charge on any atom is -0.497 e. The topological polar surface area (TPSA) is 73.1 Å². The molecule has 0 fully saturated rings. The van der Waals surface area contributed by atoms with Crippen molar-refractivity contribution in [3.8, 4) is 17.0 Å². The predicted octanol–water partition coefficient (Wildman–Crippen LogP) is 2.48. The van der Waals surface area contributed by atoms with Gasteiger partial charge >= 0.3 is 0 Å². The van der Waals surface area contributed by atoms with E-state index in [1.165, 1.54) is 0 Å². The molecule has 0 radical (unpaired) electrons. The molecule has 0 aliphatic carbocycles. The SMILES string of the molecule is COc1cccc(-c2nc(N)nc3c2CCCCN3)c1. The summed E-state index contributed by atoms with van der Waals surface area (Å²) in [5.41, 5.74) is 8.91. The summed E-state index contributed by atoms with van der Waals surface area (Å²) in [6.45, 7) is 0.932. The number of ether oxygens (including phenoxy) is 1. The first kappa shape index (κ1) is 12.7. The largest absolute Gasteiger partial charge is 0.497 e. The van der Waals surface area contributed by atoms with Crippen molar-refractivity contribution in [2.45, 2.75) is 19.3 Å². The third kappa shape index (κ3) is 2.39. The van der Waals surface area contributed by atoms with Crippen LogP contribution in [-0.4, -0.2) is 23.6 Å². The maximum atomic E-state index is 5.85. The van der Waals surface area contributed by atoms with Crippen LogP contribution in [-0.2, 0) is 6.42 Å². The van der Waals surface area contributed by atoms with Gasteiger partial charge in [0.1, 0.15) is 11.6 Å². The smallest absolute Gasteiger partial charge is 0.222 e. The monoisotopic (exact) mass is 270 g/mol. The predicted molar refractivity (Wildman–Crippen MR) is 79.9 cm³/mol. The van der Waals surface area contributed by atoms with Gasteiger partial charge in [-0.05, 0) is 31.4 Å². The number of hydrogen-bond acceptors (Lipinski definition) is 5. The number of methoxy groups -OCH3 is 1. The molecule has 0 spiro atoms. The second-order valence-electron chi connectivity index (χ2n) is 4.87. The molecule has 2 aromatic rings. The van der Waals surface area contributed by atoms with E-state index >= 15 is 0 Å². The molecule has 1 aromatic carbocycles. The average Bonchev–Trinajstić information content (AvgIpc) is 2.71. The molecule has 0 saturated heterocycles. The lowest BCUT2D eigenvalue weighted by atomic mass is 10.0. The van der Waals surface area contributed by atoms with Crippen molar-refractivity contribution >= 4 is 11.8 Å². The first-order chi connectivity index (χ1) is 9.78. The molecule has 5 heteroatoms. The van der Waals surface area contributed by atoms with E-state index in [0.717, 1.165) is 54.2 Å². The zero-order valence-electron chi connectivity index (χ0n) is 11.5.